The van der Waals surface area contributed by atoms with Gasteiger partial charge in [-0.1, -0.05) is 65.2 Å². The minimum atomic E-state index is -0.985. The molecule has 0 spiro atoms. The first kappa shape index (κ1) is 16.4. The Kier molecular flexibility index (Phi) is 9.14. The molecular formula is C14H29NO2. The molecule has 0 fully saturated rings. The van der Waals surface area contributed by atoms with Crippen molar-refractivity contribution in [2.45, 2.75) is 83.6 Å². The normalized spacial score (nSPS) is 14.5. The van der Waals surface area contributed by atoms with Crippen molar-refractivity contribution in [3.63, 3.8) is 0 Å². The van der Waals surface area contributed by atoms with Crippen molar-refractivity contribution in [1.82, 2.24) is 0 Å². The summed E-state index contributed by atoms with van der Waals surface area (Å²) in [6.45, 7) is 4.26. The van der Waals surface area contributed by atoms with Crippen LogP contribution in [0.5, 0.6) is 0 Å². The number of unbranched alkanes of at least 4 members (excludes halogenated alkanes) is 6. The molecule has 0 saturated heterocycles. The zero-order valence-corrected chi connectivity index (χ0v) is 11.5. The van der Waals surface area contributed by atoms with Crippen LogP contribution in [0.1, 0.15) is 78.1 Å². The van der Waals surface area contributed by atoms with Gasteiger partial charge >= 0.3 is 5.97 Å². The van der Waals surface area contributed by atoms with Gasteiger partial charge in [0.2, 0.25) is 0 Å². The minimum Gasteiger partial charge on any atom is -0.480 e. The number of nitrogens with two attached hydrogens (primary N) is 1. The second kappa shape index (κ2) is 9.46. The monoisotopic (exact) mass is 243 g/mol. The van der Waals surface area contributed by atoms with Gasteiger partial charge in [-0.05, 0) is 12.8 Å². The number of carbonyl (C=O) groups is 1. The van der Waals surface area contributed by atoms with Gasteiger partial charge in [0, 0.05) is 0 Å². The fourth-order valence-electron chi connectivity index (χ4n) is 2.05. The summed E-state index contributed by atoms with van der Waals surface area (Å²) in [5.74, 6) is -0.834. The molecule has 0 aromatic carbocycles. The van der Waals surface area contributed by atoms with E-state index in [1.165, 1.54) is 25.7 Å². The molecule has 3 heteroatoms. The molecule has 0 aromatic rings. The van der Waals surface area contributed by atoms with Crippen LogP contribution in [0.3, 0.4) is 0 Å². The predicted molar refractivity (Wildman–Crippen MR) is 72.1 cm³/mol. The number of hydrogen-bond donors (Lipinski definition) is 2. The minimum absolute atomic E-state index is 0.605. The second-order valence-electron chi connectivity index (χ2n) is 5.08. The molecule has 0 saturated carbocycles. The highest BCUT2D eigenvalue weighted by atomic mass is 16.4. The fraction of sp³-hybridized carbons (Fsp3) is 0.929. The van der Waals surface area contributed by atoms with Crippen molar-refractivity contribution in [2.75, 3.05) is 0 Å². The van der Waals surface area contributed by atoms with Crippen LogP contribution in [0.25, 0.3) is 0 Å². The van der Waals surface area contributed by atoms with E-state index in [2.05, 4.69) is 13.8 Å². The smallest absolute Gasteiger partial charge is 0.323 e. The zero-order valence-electron chi connectivity index (χ0n) is 11.5. The van der Waals surface area contributed by atoms with Gasteiger partial charge in [0.05, 0.1) is 0 Å². The molecule has 102 valence electrons. The molecule has 0 aliphatic rings. The first-order valence-corrected chi connectivity index (χ1v) is 7.09. The predicted octanol–water partition coefficient (Wildman–Crippen LogP) is 3.71. The van der Waals surface area contributed by atoms with Gasteiger partial charge < -0.3 is 10.8 Å². The molecule has 17 heavy (non-hydrogen) atoms. The quantitative estimate of drug-likeness (QED) is 0.544. The van der Waals surface area contributed by atoms with Crippen molar-refractivity contribution in [3.05, 3.63) is 0 Å². The average Bonchev–Trinajstić information content (AvgIpc) is 2.31. The van der Waals surface area contributed by atoms with E-state index in [-0.39, 0.29) is 0 Å². The van der Waals surface area contributed by atoms with Crippen LogP contribution in [-0.4, -0.2) is 16.6 Å². The molecule has 0 radical (unpaired) electrons. The van der Waals surface area contributed by atoms with Crippen molar-refractivity contribution in [1.29, 1.82) is 0 Å². The summed E-state index contributed by atoms with van der Waals surface area (Å²) in [5, 5.41) is 9.17. The van der Waals surface area contributed by atoms with E-state index in [0.717, 1.165) is 25.7 Å². The Morgan fingerprint density at radius 2 is 1.41 bits per heavy atom. The lowest BCUT2D eigenvalue weighted by Gasteiger charge is -2.24. The summed E-state index contributed by atoms with van der Waals surface area (Å²) in [6.07, 6.45) is 10.2. The number of carboxylic acid groups (broad SMARTS) is 1. The molecule has 3 N–H and O–H groups in total. The third-order valence-corrected chi connectivity index (χ3v) is 3.38. The summed E-state index contributed by atoms with van der Waals surface area (Å²) in [5.41, 5.74) is 4.98. The van der Waals surface area contributed by atoms with E-state index >= 15 is 0 Å². The Balaban J connectivity index is 3.81. The Hall–Kier alpha value is -0.570. The van der Waals surface area contributed by atoms with Crippen LogP contribution in [0.15, 0.2) is 0 Å². The molecule has 0 aliphatic heterocycles. The Bertz CT molecular complexity index is 206. The Morgan fingerprint density at radius 1 is 0.941 bits per heavy atom. The standard InChI is InChI=1S/C14H29NO2/c1-3-5-7-8-9-10-12-14(15,13(16)17)11-6-4-2/h3-12,15H2,1-2H3,(H,16,17). The van der Waals surface area contributed by atoms with Gasteiger partial charge in [-0.25, -0.2) is 0 Å². The molecule has 0 amide bonds. The third kappa shape index (κ3) is 7.37. The first-order chi connectivity index (χ1) is 8.06. The highest BCUT2D eigenvalue weighted by Crippen LogP contribution is 2.20. The van der Waals surface area contributed by atoms with Gasteiger partial charge in [-0.15, -0.1) is 0 Å². The number of aliphatic carboxylic acids is 1. The molecule has 1 atom stereocenters. The second-order valence-corrected chi connectivity index (χ2v) is 5.08. The molecule has 0 heterocycles. The Labute approximate surface area is 106 Å². The molecule has 1 unspecified atom stereocenters. The maximum Gasteiger partial charge on any atom is 0.323 e. The van der Waals surface area contributed by atoms with Crippen molar-refractivity contribution in [3.8, 4) is 0 Å². The summed E-state index contributed by atoms with van der Waals surface area (Å²) >= 11 is 0. The van der Waals surface area contributed by atoms with E-state index in [1.54, 1.807) is 0 Å². The molecule has 0 aromatic heterocycles. The summed E-state index contributed by atoms with van der Waals surface area (Å²) < 4.78 is 0. The molecule has 0 bridgehead atoms. The highest BCUT2D eigenvalue weighted by Gasteiger charge is 2.32. The van der Waals surface area contributed by atoms with E-state index in [4.69, 9.17) is 5.73 Å². The van der Waals surface area contributed by atoms with Crippen LogP contribution in [-0.2, 0) is 4.79 Å². The lowest BCUT2D eigenvalue weighted by atomic mass is 9.88. The third-order valence-electron chi connectivity index (χ3n) is 3.38. The van der Waals surface area contributed by atoms with Crippen LogP contribution >= 0.6 is 0 Å². The lowest BCUT2D eigenvalue weighted by Crippen LogP contribution is -2.47. The number of rotatable bonds is 11. The molecule has 0 aliphatic carbocycles. The first-order valence-electron chi connectivity index (χ1n) is 7.09. The van der Waals surface area contributed by atoms with Gasteiger partial charge in [0.25, 0.3) is 0 Å². The van der Waals surface area contributed by atoms with E-state index in [0.29, 0.717) is 12.8 Å². The maximum atomic E-state index is 11.2. The Morgan fingerprint density at radius 3 is 1.94 bits per heavy atom. The summed E-state index contributed by atoms with van der Waals surface area (Å²) in [4.78, 5) is 11.2. The molecule has 3 nitrogen and oxygen atoms in total. The summed E-state index contributed by atoms with van der Waals surface area (Å²) in [6, 6.07) is 0. The summed E-state index contributed by atoms with van der Waals surface area (Å²) in [7, 11) is 0. The van der Waals surface area contributed by atoms with E-state index in [1.807, 2.05) is 0 Å². The fourth-order valence-corrected chi connectivity index (χ4v) is 2.05. The van der Waals surface area contributed by atoms with Crippen molar-refractivity contribution >= 4 is 5.97 Å². The number of hydrogen-bond acceptors (Lipinski definition) is 2. The van der Waals surface area contributed by atoms with Gasteiger partial charge in [0.15, 0.2) is 0 Å². The van der Waals surface area contributed by atoms with Crippen LogP contribution in [0, 0.1) is 0 Å². The SMILES string of the molecule is CCCCCCCCC(N)(CCCC)C(=O)O. The molecular weight excluding hydrogens is 214 g/mol. The van der Waals surface area contributed by atoms with Gasteiger partial charge in [-0.3, -0.25) is 4.79 Å². The average molecular weight is 243 g/mol. The van der Waals surface area contributed by atoms with Crippen molar-refractivity contribution < 1.29 is 9.90 Å². The van der Waals surface area contributed by atoms with Crippen LogP contribution in [0.4, 0.5) is 0 Å². The largest absolute Gasteiger partial charge is 0.480 e. The zero-order chi connectivity index (χ0) is 13.1. The lowest BCUT2D eigenvalue weighted by molar-refractivity contribution is -0.144. The maximum absolute atomic E-state index is 11.2. The van der Waals surface area contributed by atoms with Gasteiger partial charge in [-0.2, -0.15) is 0 Å². The van der Waals surface area contributed by atoms with Crippen LogP contribution in [0.2, 0.25) is 0 Å². The highest BCUT2D eigenvalue weighted by molar-refractivity contribution is 5.78. The number of carboxylic acids is 1. The van der Waals surface area contributed by atoms with E-state index < -0.39 is 11.5 Å². The topological polar surface area (TPSA) is 63.3 Å². The van der Waals surface area contributed by atoms with Crippen molar-refractivity contribution in [2.24, 2.45) is 5.73 Å². The molecule has 0 rings (SSSR count). The van der Waals surface area contributed by atoms with E-state index in [9.17, 15) is 9.90 Å². The van der Waals surface area contributed by atoms with Crippen LogP contribution < -0.4 is 5.73 Å². The van der Waals surface area contributed by atoms with Gasteiger partial charge in [0.1, 0.15) is 5.54 Å².